The van der Waals surface area contributed by atoms with Crippen LogP contribution in [0.25, 0.3) is 0 Å². The summed E-state index contributed by atoms with van der Waals surface area (Å²) in [5.41, 5.74) is 2.12. The molecule has 4 fully saturated rings. The molecule has 1 aliphatic heterocycles. The molecule has 30 heavy (non-hydrogen) atoms. The van der Waals surface area contributed by atoms with Crippen LogP contribution in [0.1, 0.15) is 85.5 Å². The Morgan fingerprint density at radius 3 is 2.60 bits per heavy atom. The maximum atomic E-state index is 11.4. The lowest BCUT2D eigenvalue weighted by atomic mass is 9.47. The third kappa shape index (κ3) is 3.17. The van der Waals surface area contributed by atoms with Crippen molar-refractivity contribution in [1.82, 2.24) is 5.32 Å². The van der Waals surface area contributed by atoms with Crippen LogP contribution in [0.2, 0.25) is 0 Å². The van der Waals surface area contributed by atoms with Crippen molar-refractivity contribution in [1.29, 1.82) is 0 Å². The molecule has 3 nitrogen and oxygen atoms in total. The minimum absolute atomic E-state index is 0.126. The van der Waals surface area contributed by atoms with Crippen molar-refractivity contribution in [2.75, 3.05) is 6.54 Å². The van der Waals surface area contributed by atoms with Gasteiger partial charge in [-0.1, -0.05) is 39.3 Å². The van der Waals surface area contributed by atoms with E-state index in [9.17, 15) is 10.2 Å². The Kier molecular flexibility index (Phi) is 5.43. The number of rotatable bonds is 2. The molecule has 1 heterocycles. The van der Waals surface area contributed by atoms with E-state index in [-0.39, 0.29) is 17.6 Å². The number of nitrogens with one attached hydrogen (secondary N) is 1. The van der Waals surface area contributed by atoms with Crippen LogP contribution in [0.3, 0.4) is 0 Å². The number of fused-ring (bicyclic) bond motifs is 5. The topological polar surface area (TPSA) is 52.5 Å². The third-order valence-electron chi connectivity index (χ3n) is 11.1. The van der Waals surface area contributed by atoms with E-state index in [4.69, 9.17) is 0 Å². The number of aliphatic hydroxyl groups is 2. The fourth-order valence-electron chi connectivity index (χ4n) is 9.36. The lowest BCUT2D eigenvalue weighted by Gasteiger charge is -2.58. The van der Waals surface area contributed by atoms with Gasteiger partial charge in [-0.25, -0.2) is 0 Å². The van der Waals surface area contributed by atoms with Crippen molar-refractivity contribution < 1.29 is 10.2 Å². The molecule has 0 amide bonds. The molecule has 1 saturated heterocycles. The highest BCUT2D eigenvalue weighted by molar-refractivity contribution is 5.25. The van der Waals surface area contributed by atoms with Crippen LogP contribution in [0.15, 0.2) is 11.6 Å². The Bertz CT molecular complexity index is 682. The Labute approximate surface area is 184 Å². The molecule has 0 bridgehead atoms. The van der Waals surface area contributed by atoms with Gasteiger partial charge in [-0.05, 0) is 111 Å². The van der Waals surface area contributed by atoms with Crippen molar-refractivity contribution in [2.45, 2.75) is 104 Å². The molecule has 3 heteroatoms. The van der Waals surface area contributed by atoms with Crippen molar-refractivity contribution >= 4 is 0 Å². The monoisotopic (exact) mass is 415 g/mol. The highest BCUT2D eigenvalue weighted by Crippen LogP contribution is 2.67. The van der Waals surface area contributed by atoms with Crippen molar-refractivity contribution in [2.24, 2.45) is 46.3 Å². The molecule has 4 aliphatic carbocycles. The molecule has 3 saturated carbocycles. The van der Waals surface area contributed by atoms with Gasteiger partial charge in [0.25, 0.3) is 0 Å². The number of piperidine rings is 1. The van der Waals surface area contributed by atoms with Gasteiger partial charge in [0, 0.05) is 6.04 Å². The zero-order valence-corrected chi connectivity index (χ0v) is 19.7. The highest BCUT2D eigenvalue weighted by Gasteiger charge is 2.62. The summed E-state index contributed by atoms with van der Waals surface area (Å²) in [6.07, 6.45) is 12.6. The molecular weight excluding hydrogens is 370 g/mol. The van der Waals surface area contributed by atoms with Gasteiger partial charge in [0.05, 0.1) is 12.2 Å². The van der Waals surface area contributed by atoms with E-state index >= 15 is 0 Å². The van der Waals surface area contributed by atoms with Crippen LogP contribution >= 0.6 is 0 Å². The lowest BCUT2D eigenvalue weighted by Crippen LogP contribution is -2.53. The number of aliphatic hydroxyl groups excluding tert-OH is 2. The number of hydrogen-bond acceptors (Lipinski definition) is 3. The Hall–Kier alpha value is -0.380. The summed E-state index contributed by atoms with van der Waals surface area (Å²) in [7, 11) is 0. The van der Waals surface area contributed by atoms with Crippen molar-refractivity contribution in [3.05, 3.63) is 11.6 Å². The normalized spacial score (nSPS) is 54.5. The SMILES string of the molecule is C[C@H]1CC[C@@H]([C@@H](C)[C@H]2[C@@H](O)C[C@H]3[C@@H]4CC=C5C[C@@H](O)CC[C@]5(C)[C@H]4CC[C@]23C)NC1. The molecule has 3 N–H and O–H groups in total. The summed E-state index contributed by atoms with van der Waals surface area (Å²) >= 11 is 0. The zero-order valence-electron chi connectivity index (χ0n) is 19.7. The van der Waals surface area contributed by atoms with Crippen LogP contribution in [0, 0.1) is 46.3 Å². The van der Waals surface area contributed by atoms with Crippen LogP contribution in [-0.2, 0) is 0 Å². The smallest absolute Gasteiger partial charge is 0.0579 e. The first kappa shape index (κ1) is 21.5. The molecule has 0 aromatic carbocycles. The largest absolute Gasteiger partial charge is 0.393 e. The van der Waals surface area contributed by atoms with Gasteiger partial charge in [-0.3, -0.25) is 0 Å². The van der Waals surface area contributed by atoms with E-state index in [1.165, 1.54) is 32.1 Å². The van der Waals surface area contributed by atoms with Gasteiger partial charge in [-0.15, -0.1) is 0 Å². The molecule has 0 radical (unpaired) electrons. The molecular formula is C27H45NO2. The average Bonchev–Trinajstić information content (AvgIpc) is 2.98. The zero-order chi connectivity index (χ0) is 21.3. The summed E-state index contributed by atoms with van der Waals surface area (Å²) < 4.78 is 0. The van der Waals surface area contributed by atoms with E-state index < -0.39 is 0 Å². The van der Waals surface area contributed by atoms with Crippen LogP contribution in [-0.4, -0.2) is 35.0 Å². The molecule has 5 aliphatic rings. The third-order valence-corrected chi connectivity index (χ3v) is 11.1. The first-order valence-electron chi connectivity index (χ1n) is 13.0. The molecule has 170 valence electrons. The predicted octanol–water partition coefficient (Wildman–Crippen LogP) is 4.92. The van der Waals surface area contributed by atoms with E-state index in [1.54, 1.807) is 5.57 Å². The van der Waals surface area contributed by atoms with E-state index in [1.807, 2.05) is 0 Å². The van der Waals surface area contributed by atoms with Gasteiger partial charge < -0.3 is 15.5 Å². The van der Waals surface area contributed by atoms with Gasteiger partial charge in [0.2, 0.25) is 0 Å². The Morgan fingerprint density at radius 1 is 1.07 bits per heavy atom. The fraction of sp³-hybridized carbons (Fsp3) is 0.926. The second-order valence-corrected chi connectivity index (χ2v) is 12.6. The number of hydrogen-bond donors (Lipinski definition) is 3. The summed E-state index contributed by atoms with van der Waals surface area (Å²) in [5, 5.41) is 25.5. The minimum atomic E-state index is -0.138. The predicted molar refractivity (Wildman–Crippen MR) is 122 cm³/mol. The molecule has 0 spiro atoms. The lowest BCUT2D eigenvalue weighted by molar-refractivity contribution is -0.0655. The van der Waals surface area contributed by atoms with Gasteiger partial charge >= 0.3 is 0 Å². The first-order valence-corrected chi connectivity index (χ1v) is 13.0. The van der Waals surface area contributed by atoms with Gasteiger partial charge in [-0.2, -0.15) is 0 Å². The van der Waals surface area contributed by atoms with Gasteiger partial charge in [0.1, 0.15) is 0 Å². The van der Waals surface area contributed by atoms with Crippen molar-refractivity contribution in [3.63, 3.8) is 0 Å². The molecule has 5 rings (SSSR count). The van der Waals surface area contributed by atoms with Crippen LogP contribution in [0.5, 0.6) is 0 Å². The van der Waals surface area contributed by atoms with E-state index in [0.717, 1.165) is 50.0 Å². The highest BCUT2D eigenvalue weighted by atomic mass is 16.3. The first-order chi connectivity index (χ1) is 14.2. The maximum Gasteiger partial charge on any atom is 0.0579 e. The van der Waals surface area contributed by atoms with Crippen LogP contribution in [0.4, 0.5) is 0 Å². The van der Waals surface area contributed by atoms with Gasteiger partial charge in [0.15, 0.2) is 0 Å². The molecule has 11 atom stereocenters. The summed E-state index contributed by atoms with van der Waals surface area (Å²) in [4.78, 5) is 0. The molecule has 0 unspecified atom stereocenters. The van der Waals surface area contributed by atoms with Crippen LogP contribution < -0.4 is 5.32 Å². The second-order valence-electron chi connectivity index (χ2n) is 12.6. The van der Waals surface area contributed by atoms with E-state index in [2.05, 4.69) is 39.1 Å². The fourth-order valence-corrected chi connectivity index (χ4v) is 9.36. The van der Waals surface area contributed by atoms with E-state index in [0.29, 0.717) is 29.2 Å². The van der Waals surface area contributed by atoms with Crippen molar-refractivity contribution in [3.8, 4) is 0 Å². The summed E-state index contributed by atoms with van der Waals surface area (Å²) in [6, 6.07) is 0.573. The molecule has 0 aromatic rings. The maximum absolute atomic E-state index is 11.4. The number of allylic oxidation sites excluding steroid dienone is 1. The second kappa shape index (κ2) is 7.59. The Morgan fingerprint density at radius 2 is 1.87 bits per heavy atom. The summed E-state index contributed by atoms with van der Waals surface area (Å²) in [5.74, 6) is 3.90. The molecule has 0 aromatic heterocycles. The minimum Gasteiger partial charge on any atom is -0.393 e. The quantitative estimate of drug-likeness (QED) is 0.561. The standard InChI is InChI=1S/C27H45NO2/c1-16-5-8-23(28-15-16)17(2)25-24(30)14-22-20-7-6-18-13-19(29)9-11-26(18,3)21(20)10-12-27(22,25)4/h6,16-17,19-25,28-30H,5,7-15H2,1-4H3/t16-,17+,19-,20+,21-,22-,23-,24-,25-,26-,27-/m0/s1. The summed E-state index contributed by atoms with van der Waals surface area (Å²) in [6.45, 7) is 11.0. The average molecular weight is 416 g/mol. The Balaban J connectivity index is 1.39.